The molecule has 0 aliphatic heterocycles. The van der Waals surface area contributed by atoms with E-state index in [1.54, 1.807) is 32.4 Å². The van der Waals surface area contributed by atoms with Crippen molar-refractivity contribution in [1.82, 2.24) is 0 Å². The van der Waals surface area contributed by atoms with Crippen LogP contribution in [0.5, 0.6) is 11.5 Å². The number of nitrogens with two attached hydrogens (primary N) is 1. The molecule has 4 nitrogen and oxygen atoms in total. The molecule has 2 aromatic carbocycles. The van der Waals surface area contributed by atoms with Crippen LogP contribution in [0.25, 0.3) is 11.1 Å². The Morgan fingerprint density at radius 3 is 2.26 bits per heavy atom. The molecular weight excluding hydrogens is 242 g/mol. The molecule has 0 fully saturated rings. The normalized spacial score (nSPS) is 10.0. The Morgan fingerprint density at radius 2 is 1.63 bits per heavy atom. The van der Waals surface area contributed by atoms with Crippen LogP contribution in [0.1, 0.15) is 10.4 Å². The Morgan fingerprint density at radius 1 is 1.00 bits per heavy atom. The Kier molecular flexibility index (Phi) is 3.71. The fourth-order valence-electron chi connectivity index (χ4n) is 1.97. The quantitative estimate of drug-likeness (QED) is 0.675. The van der Waals surface area contributed by atoms with E-state index < -0.39 is 0 Å². The van der Waals surface area contributed by atoms with Crippen LogP contribution < -0.4 is 15.2 Å². The Balaban J connectivity index is 2.65. The largest absolute Gasteiger partial charge is 0.493 e. The van der Waals surface area contributed by atoms with Crippen LogP contribution in [-0.4, -0.2) is 20.5 Å². The molecule has 0 atom stereocenters. The third-order valence-electron chi connectivity index (χ3n) is 2.93. The van der Waals surface area contributed by atoms with Gasteiger partial charge in [0.2, 0.25) is 0 Å². The Bertz CT molecular complexity index is 608. The summed E-state index contributed by atoms with van der Waals surface area (Å²) in [7, 11) is 3.11. The minimum atomic E-state index is 0.534. The maximum Gasteiger partial charge on any atom is 0.162 e. The smallest absolute Gasteiger partial charge is 0.162 e. The molecule has 0 bridgehead atoms. The van der Waals surface area contributed by atoms with E-state index in [1.165, 1.54) is 0 Å². The maximum absolute atomic E-state index is 11.1. The predicted octanol–water partition coefficient (Wildman–Crippen LogP) is 2.77. The van der Waals surface area contributed by atoms with Crippen molar-refractivity contribution in [1.29, 1.82) is 0 Å². The van der Waals surface area contributed by atoms with E-state index in [-0.39, 0.29) is 0 Å². The number of hydrogen-bond donors (Lipinski definition) is 1. The van der Waals surface area contributed by atoms with Crippen LogP contribution >= 0.6 is 0 Å². The van der Waals surface area contributed by atoms with Gasteiger partial charge in [-0.15, -0.1) is 0 Å². The van der Waals surface area contributed by atoms with Crippen LogP contribution in [0.3, 0.4) is 0 Å². The molecule has 0 heterocycles. The van der Waals surface area contributed by atoms with Crippen molar-refractivity contribution in [2.75, 3.05) is 20.0 Å². The maximum atomic E-state index is 11.1. The number of aldehydes is 1. The monoisotopic (exact) mass is 257 g/mol. The molecule has 0 radical (unpaired) electrons. The number of hydrogen-bond acceptors (Lipinski definition) is 4. The second kappa shape index (κ2) is 5.44. The van der Waals surface area contributed by atoms with Crippen LogP contribution in [0.4, 0.5) is 5.69 Å². The van der Waals surface area contributed by atoms with Crippen LogP contribution in [0.2, 0.25) is 0 Å². The summed E-state index contributed by atoms with van der Waals surface area (Å²) >= 11 is 0. The highest BCUT2D eigenvalue weighted by atomic mass is 16.5. The van der Waals surface area contributed by atoms with E-state index >= 15 is 0 Å². The minimum absolute atomic E-state index is 0.534. The zero-order valence-corrected chi connectivity index (χ0v) is 10.8. The van der Waals surface area contributed by atoms with Gasteiger partial charge in [-0.1, -0.05) is 24.3 Å². The molecule has 0 spiro atoms. The first kappa shape index (κ1) is 13.0. The summed E-state index contributed by atoms with van der Waals surface area (Å²) in [5.74, 6) is 1.14. The second-order valence-corrected chi connectivity index (χ2v) is 4.00. The van der Waals surface area contributed by atoms with E-state index in [0.717, 1.165) is 17.4 Å². The highest BCUT2D eigenvalue weighted by Gasteiger charge is 2.12. The van der Waals surface area contributed by atoms with Crippen molar-refractivity contribution in [3.05, 3.63) is 42.0 Å². The first-order chi connectivity index (χ1) is 9.21. The third kappa shape index (κ3) is 2.38. The fourth-order valence-corrected chi connectivity index (χ4v) is 1.97. The highest BCUT2D eigenvalue weighted by Crippen LogP contribution is 2.38. The molecule has 98 valence electrons. The summed E-state index contributed by atoms with van der Waals surface area (Å²) in [6, 6.07) is 10.7. The Hall–Kier alpha value is -2.49. The van der Waals surface area contributed by atoms with Crippen LogP contribution in [0, 0.1) is 0 Å². The van der Waals surface area contributed by atoms with Gasteiger partial charge < -0.3 is 15.2 Å². The van der Waals surface area contributed by atoms with Gasteiger partial charge in [-0.25, -0.2) is 0 Å². The van der Waals surface area contributed by atoms with E-state index in [1.807, 2.05) is 18.2 Å². The molecule has 2 aromatic rings. The van der Waals surface area contributed by atoms with Gasteiger partial charge in [-0.2, -0.15) is 0 Å². The lowest BCUT2D eigenvalue weighted by Gasteiger charge is -2.13. The lowest BCUT2D eigenvalue weighted by atomic mass is 9.98. The summed E-state index contributed by atoms with van der Waals surface area (Å²) in [6.07, 6.45) is 0.811. The fraction of sp³-hybridized carbons (Fsp3) is 0.133. The van der Waals surface area contributed by atoms with Crippen LogP contribution in [0.15, 0.2) is 36.4 Å². The molecular formula is C15H15NO3. The van der Waals surface area contributed by atoms with Gasteiger partial charge >= 0.3 is 0 Å². The van der Waals surface area contributed by atoms with Gasteiger partial charge in [0.25, 0.3) is 0 Å². The summed E-state index contributed by atoms with van der Waals surface area (Å²) in [5.41, 5.74) is 8.67. The lowest BCUT2D eigenvalue weighted by Crippen LogP contribution is -1.97. The predicted molar refractivity (Wildman–Crippen MR) is 74.8 cm³/mol. The lowest BCUT2D eigenvalue weighted by molar-refractivity contribution is 0.112. The molecule has 4 heteroatoms. The zero-order chi connectivity index (χ0) is 13.8. The number of carbonyl (C=O) groups is 1. The minimum Gasteiger partial charge on any atom is -0.493 e. The van der Waals surface area contributed by atoms with Crippen molar-refractivity contribution in [2.45, 2.75) is 0 Å². The number of carbonyl (C=O) groups excluding carboxylic acids is 1. The molecule has 2 rings (SSSR count). The first-order valence-electron chi connectivity index (χ1n) is 5.77. The topological polar surface area (TPSA) is 61.5 Å². The van der Waals surface area contributed by atoms with E-state index in [2.05, 4.69) is 0 Å². The highest BCUT2D eigenvalue weighted by molar-refractivity contribution is 5.92. The molecule has 0 saturated heterocycles. The molecule has 0 aliphatic carbocycles. The molecule has 0 saturated carbocycles. The molecule has 2 N–H and O–H groups in total. The zero-order valence-electron chi connectivity index (χ0n) is 10.8. The van der Waals surface area contributed by atoms with Crippen molar-refractivity contribution in [3.63, 3.8) is 0 Å². The average molecular weight is 257 g/mol. The average Bonchev–Trinajstić information content (AvgIpc) is 2.46. The Labute approximate surface area is 111 Å². The summed E-state index contributed by atoms with van der Waals surface area (Å²) in [5, 5.41) is 0. The van der Waals surface area contributed by atoms with Gasteiger partial charge in [-0.3, -0.25) is 4.79 Å². The number of nitrogen functional groups attached to an aromatic ring is 1. The number of methoxy groups -OCH3 is 2. The molecule has 0 aliphatic rings. The van der Waals surface area contributed by atoms with Gasteiger partial charge in [0.1, 0.15) is 0 Å². The van der Waals surface area contributed by atoms with E-state index in [9.17, 15) is 4.79 Å². The van der Waals surface area contributed by atoms with Crippen molar-refractivity contribution in [3.8, 4) is 22.6 Å². The van der Waals surface area contributed by atoms with E-state index in [4.69, 9.17) is 15.2 Å². The number of ether oxygens (including phenoxy) is 2. The van der Waals surface area contributed by atoms with Crippen molar-refractivity contribution >= 4 is 12.0 Å². The van der Waals surface area contributed by atoms with Crippen LogP contribution in [-0.2, 0) is 0 Å². The van der Waals surface area contributed by atoms with Gasteiger partial charge in [0.15, 0.2) is 17.8 Å². The molecule has 0 aromatic heterocycles. The summed E-state index contributed by atoms with van der Waals surface area (Å²) in [4.78, 5) is 11.1. The van der Waals surface area contributed by atoms with Crippen molar-refractivity contribution in [2.24, 2.45) is 0 Å². The SMILES string of the molecule is COc1cc(N)c(-c2ccccc2C=O)cc1OC. The van der Waals surface area contributed by atoms with Gasteiger partial charge in [0, 0.05) is 22.9 Å². The molecule has 0 amide bonds. The standard InChI is InChI=1S/C15H15NO3/c1-18-14-7-12(13(16)8-15(14)19-2)11-6-4-3-5-10(11)9-17/h3-9H,16H2,1-2H3. The molecule has 19 heavy (non-hydrogen) atoms. The summed E-state index contributed by atoms with van der Waals surface area (Å²) in [6.45, 7) is 0. The molecule has 0 unspecified atom stereocenters. The van der Waals surface area contributed by atoms with E-state index in [0.29, 0.717) is 22.7 Å². The number of benzene rings is 2. The summed E-state index contributed by atoms with van der Waals surface area (Å²) < 4.78 is 10.4. The number of rotatable bonds is 4. The van der Waals surface area contributed by atoms with Gasteiger partial charge in [-0.05, 0) is 11.6 Å². The third-order valence-corrected chi connectivity index (χ3v) is 2.93. The van der Waals surface area contributed by atoms with Gasteiger partial charge in [0.05, 0.1) is 14.2 Å². The first-order valence-corrected chi connectivity index (χ1v) is 5.77. The van der Waals surface area contributed by atoms with Crippen molar-refractivity contribution < 1.29 is 14.3 Å². The number of anilines is 1. The second-order valence-electron chi connectivity index (χ2n) is 4.00.